The first-order chi connectivity index (χ1) is 13.0. The van der Waals surface area contributed by atoms with Crippen LogP contribution >= 0.6 is 0 Å². The smallest absolute Gasteiger partial charge is 0.226 e. The second-order valence-corrected chi connectivity index (χ2v) is 5.99. The number of halogens is 1. The fourth-order valence-corrected chi connectivity index (χ4v) is 2.42. The highest BCUT2D eigenvalue weighted by Crippen LogP contribution is 2.21. The maximum Gasteiger partial charge on any atom is 0.226 e. The summed E-state index contributed by atoms with van der Waals surface area (Å²) in [5, 5.41) is 16.6. The minimum Gasteiger partial charge on any atom is -0.444 e. The molecule has 3 rings (SSSR count). The van der Waals surface area contributed by atoms with Gasteiger partial charge in [-0.2, -0.15) is 4.98 Å². The van der Waals surface area contributed by atoms with Crippen LogP contribution in [0.5, 0.6) is 0 Å². The Bertz CT molecular complexity index is 891. The first-order valence-electron chi connectivity index (χ1n) is 8.46. The fourth-order valence-electron chi connectivity index (χ4n) is 2.42. The van der Waals surface area contributed by atoms with E-state index < -0.39 is 6.10 Å². The maximum atomic E-state index is 13.0. The van der Waals surface area contributed by atoms with Crippen LogP contribution in [0.1, 0.15) is 36.4 Å². The highest BCUT2D eigenvalue weighted by atomic mass is 19.1. The topological polar surface area (TPSA) is 114 Å². The second kappa shape index (κ2) is 8.54. The highest BCUT2D eigenvalue weighted by molar-refractivity contribution is 5.75. The number of hydrogen-bond acceptors (Lipinski definition) is 7. The molecule has 0 bridgehead atoms. The van der Waals surface area contributed by atoms with Gasteiger partial charge in [-0.1, -0.05) is 5.16 Å². The highest BCUT2D eigenvalue weighted by Gasteiger charge is 2.15. The number of aromatic nitrogens is 3. The number of rotatable bonds is 8. The third-order valence-electron chi connectivity index (χ3n) is 3.82. The van der Waals surface area contributed by atoms with Gasteiger partial charge in [-0.05, 0) is 30.7 Å². The molecule has 0 spiro atoms. The molecule has 1 unspecified atom stereocenters. The average Bonchev–Trinajstić information content (AvgIpc) is 3.30. The summed E-state index contributed by atoms with van der Waals surface area (Å²) in [7, 11) is 0. The van der Waals surface area contributed by atoms with Crippen molar-refractivity contribution in [3.63, 3.8) is 0 Å². The number of carbonyl (C=O) groups excluding carboxylic acids is 1. The van der Waals surface area contributed by atoms with Crippen LogP contribution in [0.3, 0.4) is 0 Å². The first kappa shape index (κ1) is 18.7. The van der Waals surface area contributed by atoms with Crippen molar-refractivity contribution in [1.29, 1.82) is 0 Å². The normalized spacial score (nSPS) is 12.1. The van der Waals surface area contributed by atoms with Gasteiger partial charge in [0, 0.05) is 31.9 Å². The summed E-state index contributed by atoms with van der Waals surface area (Å²) < 4.78 is 23.1. The minimum absolute atomic E-state index is 0.00947. The molecule has 1 atom stereocenters. The molecule has 2 aromatic heterocycles. The lowest BCUT2D eigenvalue weighted by molar-refractivity contribution is -0.121. The quantitative estimate of drug-likeness (QED) is 0.622. The molecule has 9 heteroatoms. The van der Waals surface area contributed by atoms with E-state index in [1.807, 2.05) is 0 Å². The first-order valence-corrected chi connectivity index (χ1v) is 8.46. The lowest BCUT2D eigenvalue weighted by Crippen LogP contribution is -2.28. The number of carbonyl (C=O) groups is 1. The molecule has 1 amide bonds. The largest absolute Gasteiger partial charge is 0.444 e. The molecule has 0 aliphatic heterocycles. The van der Waals surface area contributed by atoms with Crippen LogP contribution in [0.15, 0.2) is 39.5 Å². The lowest BCUT2D eigenvalue weighted by Gasteiger charge is -2.08. The van der Waals surface area contributed by atoms with Crippen molar-refractivity contribution in [2.24, 2.45) is 0 Å². The monoisotopic (exact) mass is 374 g/mol. The number of hydrogen-bond donors (Lipinski definition) is 2. The molecule has 27 heavy (non-hydrogen) atoms. The van der Waals surface area contributed by atoms with E-state index in [1.165, 1.54) is 30.5 Å². The van der Waals surface area contributed by atoms with Crippen LogP contribution < -0.4 is 5.32 Å². The number of amides is 1. The summed E-state index contributed by atoms with van der Waals surface area (Å²) in [5.74, 6) is 0.770. The fraction of sp³-hybridized carbons (Fsp3) is 0.333. The van der Waals surface area contributed by atoms with Gasteiger partial charge in [0.1, 0.15) is 23.9 Å². The van der Waals surface area contributed by atoms with Gasteiger partial charge in [0.05, 0.1) is 0 Å². The minimum atomic E-state index is -1.01. The van der Waals surface area contributed by atoms with E-state index >= 15 is 0 Å². The standard InChI is InChI=1S/C18H19FN4O4/c1-11-21-16(23-27-11)3-2-4-17(25)20-9-15(24)14-10-26-18(22-14)12-5-7-13(19)8-6-12/h5-8,10,15,24H,2-4,9H2,1H3,(H,20,25). The third-order valence-corrected chi connectivity index (χ3v) is 3.82. The van der Waals surface area contributed by atoms with Crippen molar-refractivity contribution in [1.82, 2.24) is 20.4 Å². The van der Waals surface area contributed by atoms with Crippen LogP contribution in [-0.2, 0) is 11.2 Å². The van der Waals surface area contributed by atoms with Crippen molar-refractivity contribution in [3.8, 4) is 11.5 Å². The van der Waals surface area contributed by atoms with Gasteiger partial charge >= 0.3 is 0 Å². The second-order valence-electron chi connectivity index (χ2n) is 5.99. The van der Waals surface area contributed by atoms with Gasteiger partial charge in [-0.3, -0.25) is 4.79 Å². The van der Waals surface area contributed by atoms with E-state index in [1.54, 1.807) is 6.92 Å². The molecule has 0 fully saturated rings. The molecule has 3 aromatic rings. The van der Waals surface area contributed by atoms with Gasteiger partial charge in [-0.15, -0.1) is 0 Å². The zero-order valence-corrected chi connectivity index (χ0v) is 14.7. The maximum absolute atomic E-state index is 13.0. The number of aryl methyl sites for hydroxylation is 2. The number of aliphatic hydroxyl groups is 1. The summed E-state index contributed by atoms with van der Waals surface area (Å²) in [6, 6.07) is 5.66. The molecule has 0 aliphatic carbocycles. The molecule has 0 saturated carbocycles. The Morgan fingerprint density at radius 1 is 1.30 bits per heavy atom. The third kappa shape index (κ3) is 5.20. The van der Waals surface area contributed by atoms with Crippen molar-refractivity contribution in [2.45, 2.75) is 32.3 Å². The van der Waals surface area contributed by atoms with Crippen LogP contribution in [0.4, 0.5) is 4.39 Å². The molecule has 0 aliphatic rings. The Morgan fingerprint density at radius 2 is 2.07 bits per heavy atom. The number of oxazole rings is 1. The van der Waals surface area contributed by atoms with Crippen molar-refractivity contribution < 1.29 is 23.2 Å². The molecule has 2 N–H and O–H groups in total. The van der Waals surface area contributed by atoms with E-state index in [4.69, 9.17) is 8.94 Å². The van der Waals surface area contributed by atoms with Crippen LogP contribution in [-0.4, -0.2) is 32.7 Å². The molecule has 2 heterocycles. The Kier molecular flexibility index (Phi) is 5.92. The Balaban J connectivity index is 1.44. The zero-order chi connectivity index (χ0) is 19.2. The number of nitrogens with one attached hydrogen (secondary N) is 1. The predicted octanol–water partition coefficient (Wildman–Crippen LogP) is 2.34. The van der Waals surface area contributed by atoms with Crippen molar-refractivity contribution in [2.75, 3.05) is 6.54 Å². The van der Waals surface area contributed by atoms with E-state index in [9.17, 15) is 14.3 Å². The summed E-state index contributed by atoms with van der Waals surface area (Å²) >= 11 is 0. The Morgan fingerprint density at radius 3 is 2.78 bits per heavy atom. The zero-order valence-electron chi connectivity index (χ0n) is 14.7. The molecule has 0 saturated heterocycles. The number of nitrogens with zero attached hydrogens (tertiary/aromatic N) is 3. The van der Waals surface area contributed by atoms with Crippen LogP contribution in [0.25, 0.3) is 11.5 Å². The summed E-state index contributed by atoms with van der Waals surface area (Å²) in [5.41, 5.74) is 0.882. The Hall–Kier alpha value is -3.07. The van der Waals surface area contributed by atoms with Gasteiger partial charge in [-0.25, -0.2) is 9.37 Å². The van der Waals surface area contributed by atoms with Gasteiger partial charge < -0.3 is 19.4 Å². The number of aliphatic hydroxyl groups excluding tert-OH is 1. The summed E-state index contributed by atoms with van der Waals surface area (Å²) in [6.07, 6.45) is 1.69. The van der Waals surface area contributed by atoms with Gasteiger partial charge in [0.25, 0.3) is 0 Å². The van der Waals surface area contributed by atoms with Crippen LogP contribution in [0.2, 0.25) is 0 Å². The van der Waals surface area contributed by atoms with E-state index in [2.05, 4.69) is 20.4 Å². The van der Waals surface area contributed by atoms with Gasteiger partial charge in [0.15, 0.2) is 5.82 Å². The van der Waals surface area contributed by atoms with Crippen LogP contribution in [0, 0.1) is 12.7 Å². The SMILES string of the molecule is Cc1nc(CCCC(=O)NCC(O)c2coc(-c3ccc(F)cc3)n2)no1. The lowest BCUT2D eigenvalue weighted by atomic mass is 10.2. The molecule has 8 nitrogen and oxygen atoms in total. The van der Waals surface area contributed by atoms with E-state index in [-0.39, 0.29) is 36.3 Å². The molecular weight excluding hydrogens is 355 g/mol. The Labute approximate surface area is 154 Å². The van der Waals surface area contributed by atoms with E-state index in [0.717, 1.165) is 0 Å². The van der Waals surface area contributed by atoms with E-state index in [0.29, 0.717) is 30.1 Å². The molecular formula is C18H19FN4O4. The predicted molar refractivity (Wildman–Crippen MR) is 91.8 cm³/mol. The summed E-state index contributed by atoms with van der Waals surface area (Å²) in [4.78, 5) is 20.1. The number of benzene rings is 1. The molecule has 1 aromatic carbocycles. The molecule has 142 valence electrons. The van der Waals surface area contributed by atoms with Gasteiger partial charge in [0.2, 0.25) is 17.7 Å². The average molecular weight is 374 g/mol. The van der Waals surface area contributed by atoms with Crippen molar-refractivity contribution >= 4 is 5.91 Å². The summed E-state index contributed by atoms with van der Waals surface area (Å²) in [6.45, 7) is 1.71. The molecule has 0 radical (unpaired) electrons. The van der Waals surface area contributed by atoms with Crippen molar-refractivity contribution in [3.05, 3.63) is 53.8 Å².